The number of fused-ring (bicyclic) bond motifs is 2. The molecule has 1 saturated carbocycles. The minimum atomic E-state index is -1.03. The van der Waals surface area contributed by atoms with E-state index in [0.29, 0.717) is 13.2 Å². The Kier molecular flexibility index (Phi) is 6.06. The van der Waals surface area contributed by atoms with Gasteiger partial charge in [-0.1, -0.05) is 60.7 Å². The Labute approximate surface area is 164 Å². The highest BCUT2D eigenvalue weighted by molar-refractivity contribution is 5.15. The Balaban J connectivity index is 1.53. The Morgan fingerprint density at radius 1 is 0.714 bits per heavy atom. The molecule has 6 nitrogen and oxygen atoms in total. The van der Waals surface area contributed by atoms with Gasteiger partial charge in [0.05, 0.1) is 13.2 Å². The van der Waals surface area contributed by atoms with Gasteiger partial charge in [0.2, 0.25) is 0 Å². The molecule has 2 aliphatic rings. The lowest BCUT2D eigenvalue weighted by atomic mass is 9.83. The summed E-state index contributed by atoms with van der Waals surface area (Å²) in [6, 6.07) is 19.5. The molecule has 2 aromatic carbocycles. The Bertz CT molecular complexity index is 739. The number of benzene rings is 2. The first kappa shape index (κ1) is 19.5. The van der Waals surface area contributed by atoms with E-state index in [1.165, 1.54) is 0 Å². The predicted octanol–water partition coefficient (Wildman–Crippen LogP) is 2.02. The van der Waals surface area contributed by atoms with Gasteiger partial charge in [0.15, 0.2) is 6.29 Å². The van der Waals surface area contributed by atoms with Crippen molar-refractivity contribution in [2.75, 3.05) is 0 Å². The van der Waals surface area contributed by atoms with E-state index in [1.54, 1.807) is 6.92 Å². The molecule has 2 aromatic rings. The molecule has 0 spiro atoms. The molecule has 0 amide bonds. The molecular formula is C22H26O6. The molecule has 2 bridgehead atoms. The van der Waals surface area contributed by atoms with Crippen LogP contribution in [0.1, 0.15) is 18.1 Å². The van der Waals surface area contributed by atoms with E-state index < -0.39 is 42.9 Å². The molecule has 1 aliphatic heterocycles. The standard InChI is InChI=1S/C22H26O6/c1-14-27-19-17(23)20(25-12-15-8-4-2-5-9-15)22(21(28-14)18(19)24)26-13-16-10-6-3-7-11-16/h2-11,14,17-24H,12-13H2,1H3/t14-,17+,18-,19+,20-,21+,22-/m1/s1. The number of ether oxygens (including phenoxy) is 4. The van der Waals surface area contributed by atoms with E-state index in [1.807, 2.05) is 60.7 Å². The molecule has 2 fully saturated rings. The van der Waals surface area contributed by atoms with Crippen molar-refractivity contribution in [1.29, 1.82) is 0 Å². The number of aliphatic hydroxyl groups is 2. The summed E-state index contributed by atoms with van der Waals surface area (Å²) in [5, 5.41) is 21.5. The van der Waals surface area contributed by atoms with Gasteiger partial charge in [-0.2, -0.15) is 0 Å². The zero-order chi connectivity index (χ0) is 19.5. The molecule has 1 heterocycles. The van der Waals surface area contributed by atoms with Crippen LogP contribution in [0.15, 0.2) is 60.7 Å². The largest absolute Gasteiger partial charge is 0.387 e. The second kappa shape index (κ2) is 8.69. The van der Waals surface area contributed by atoms with E-state index in [-0.39, 0.29) is 0 Å². The smallest absolute Gasteiger partial charge is 0.156 e. The Morgan fingerprint density at radius 2 is 1.21 bits per heavy atom. The molecule has 7 atom stereocenters. The van der Waals surface area contributed by atoms with Crippen molar-refractivity contribution >= 4 is 0 Å². The van der Waals surface area contributed by atoms with Crippen LogP contribution in [-0.2, 0) is 32.2 Å². The second-order valence-electron chi connectivity index (χ2n) is 7.27. The summed E-state index contributed by atoms with van der Waals surface area (Å²) >= 11 is 0. The predicted molar refractivity (Wildman–Crippen MR) is 101 cm³/mol. The van der Waals surface area contributed by atoms with Crippen molar-refractivity contribution < 1.29 is 29.2 Å². The van der Waals surface area contributed by atoms with E-state index >= 15 is 0 Å². The molecule has 1 aliphatic carbocycles. The van der Waals surface area contributed by atoms with Crippen LogP contribution in [0.4, 0.5) is 0 Å². The first-order valence-corrected chi connectivity index (χ1v) is 9.61. The first-order valence-electron chi connectivity index (χ1n) is 9.61. The summed E-state index contributed by atoms with van der Waals surface area (Å²) in [7, 11) is 0. The maximum absolute atomic E-state index is 10.9. The molecule has 6 heteroatoms. The molecule has 4 rings (SSSR count). The number of hydrogen-bond donors (Lipinski definition) is 2. The quantitative estimate of drug-likeness (QED) is 0.791. The minimum Gasteiger partial charge on any atom is -0.387 e. The normalized spacial score (nSPS) is 34.9. The van der Waals surface area contributed by atoms with Crippen LogP contribution in [0.5, 0.6) is 0 Å². The van der Waals surface area contributed by atoms with Crippen LogP contribution in [0.25, 0.3) is 0 Å². The second-order valence-corrected chi connectivity index (χ2v) is 7.27. The van der Waals surface area contributed by atoms with Crippen molar-refractivity contribution in [2.45, 2.75) is 63.1 Å². The van der Waals surface area contributed by atoms with Crippen molar-refractivity contribution in [3.05, 3.63) is 71.8 Å². The highest BCUT2D eigenvalue weighted by atomic mass is 16.7. The average molecular weight is 386 g/mol. The van der Waals surface area contributed by atoms with Crippen LogP contribution < -0.4 is 0 Å². The summed E-state index contributed by atoms with van der Waals surface area (Å²) in [5.74, 6) is 0. The summed E-state index contributed by atoms with van der Waals surface area (Å²) in [6.45, 7) is 2.40. The van der Waals surface area contributed by atoms with Gasteiger partial charge in [0, 0.05) is 0 Å². The number of hydrogen-bond acceptors (Lipinski definition) is 6. The topological polar surface area (TPSA) is 77.4 Å². The third-order valence-electron chi connectivity index (χ3n) is 5.26. The zero-order valence-electron chi connectivity index (χ0n) is 15.8. The maximum atomic E-state index is 10.9. The van der Waals surface area contributed by atoms with Crippen molar-refractivity contribution in [3.8, 4) is 0 Å². The fourth-order valence-corrected chi connectivity index (χ4v) is 3.86. The lowest BCUT2D eigenvalue weighted by molar-refractivity contribution is -0.357. The average Bonchev–Trinajstić information content (AvgIpc) is 2.72. The summed E-state index contributed by atoms with van der Waals surface area (Å²) in [6.07, 6.45) is -5.27. The van der Waals surface area contributed by atoms with Gasteiger partial charge < -0.3 is 29.2 Å². The van der Waals surface area contributed by atoms with E-state index in [2.05, 4.69) is 0 Å². The SMILES string of the molecule is C[C@@H]1O[C@@H]2[C@@H](O)[C@H](O1)[C@H](OCc1ccccc1)[C@H](OCc1ccccc1)[C@H]2O. The van der Waals surface area contributed by atoms with Gasteiger partial charge in [0.25, 0.3) is 0 Å². The van der Waals surface area contributed by atoms with Gasteiger partial charge in [-0.05, 0) is 18.1 Å². The van der Waals surface area contributed by atoms with E-state index in [9.17, 15) is 10.2 Å². The molecular weight excluding hydrogens is 360 g/mol. The molecule has 2 N–H and O–H groups in total. The fraction of sp³-hybridized carbons (Fsp3) is 0.455. The summed E-state index contributed by atoms with van der Waals surface area (Å²) < 4.78 is 23.6. The summed E-state index contributed by atoms with van der Waals surface area (Å²) in [4.78, 5) is 0. The number of rotatable bonds is 6. The van der Waals surface area contributed by atoms with Crippen LogP contribution in [-0.4, -0.2) is 53.1 Å². The molecule has 0 radical (unpaired) electrons. The Hall–Kier alpha value is -1.80. The lowest BCUT2D eigenvalue weighted by Crippen LogP contribution is -2.69. The zero-order valence-corrected chi connectivity index (χ0v) is 15.8. The van der Waals surface area contributed by atoms with Gasteiger partial charge >= 0.3 is 0 Å². The lowest BCUT2D eigenvalue weighted by Gasteiger charge is -2.51. The third kappa shape index (κ3) is 4.12. The minimum absolute atomic E-state index is 0.318. The maximum Gasteiger partial charge on any atom is 0.156 e. The highest BCUT2D eigenvalue weighted by Gasteiger charge is 2.56. The van der Waals surface area contributed by atoms with E-state index in [4.69, 9.17) is 18.9 Å². The van der Waals surface area contributed by atoms with Gasteiger partial charge in [0.1, 0.15) is 36.6 Å². The van der Waals surface area contributed by atoms with Crippen LogP contribution in [0.2, 0.25) is 0 Å². The molecule has 0 aromatic heterocycles. The monoisotopic (exact) mass is 386 g/mol. The van der Waals surface area contributed by atoms with Gasteiger partial charge in [-0.3, -0.25) is 0 Å². The first-order chi connectivity index (χ1) is 13.6. The van der Waals surface area contributed by atoms with Crippen LogP contribution >= 0.6 is 0 Å². The molecule has 150 valence electrons. The van der Waals surface area contributed by atoms with Crippen LogP contribution in [0, 0.1) is 0 Å². The van der Waals surface area contributed by atoms with Crippen LogP contribution in [0.3, 0.4) is 0 Å². The molecule has 1 saturated heterocycles. The third-order valence-corrected chi connectivity index (χ3v) is 5.26. The molecule has 0 unspecified atom stereocenters. The Morgan fingerprint density at radius 3 is 1.79 bits per heavy atom. The van der Waals surface area contributed by atoms with Crippen molar-refractivity contribution in [2.24, 2.45) is 0 Å². The number of aliphatic hydroxyl groups excluding tert-OH is 2. The molecule has 28 heavy (non-hydrogen) atoms. The van der Waals surface area contributed by atoms with Crippen molar-refractivity contribution in [1.82, 2.24) is 0 Å². The fourth-order valence-electron chi connectivity index (χ4n) is 3.86. The van der Waals surface area contributed by atoms with E-state index in [0.717, 1.165) is 11.1 Å². The van der Waals surface area contributed by atoms with Gasteiger partial charge in [-0.25, -0.2) is 0 Å². The van der Waals surface area contributed by atoms with Gasteiger partial charge in [-0.15, -0.1) is 0 Å². The summed E-state index contributed by atoms with van der Waals surface area (Å²) in [5.41, 5.74) is 1.98. The van der Waals surface area contributed by atoms with Crippen molar-refractivity contribution in [3.63, 3.8) is 0 Å². The highest BCUT2D eigenvalue weighted by Crippen LogP contribution is 2.35.